The number of ether oxygens (including phenoxy) is 1. The van der Waals surface area contributed by atoms with Crippen molar-refractivity contribution >= 4 is 5.69 Å². The lowest BCUT2D eigenvalue weighted by molar-refractivity contribution is -0.137. The van der Waals surface area contributed by atoms with E-state index in [1.807, 2.05) is 13.1 Å². The first kappa shape index (κ1) is 15.1. The van der Waals surface area contributed by atoms with Crippen molar-refractivity contribution in [2.75, 3.05) is 38.2 Å². The Kier molecular flexibility index (Phi) is 3.75. The monoisotopic (exact) mass is 311 g/mol. The van der Waals surface area contributed by atoms with E-state index in [4.69, 9.17) is 10.00 Å². The van der Waals surface area contributed by atoms with Crippen molar-refractivity contribution in [3.05, 3.63) is 29.3 Å². The number of likely N-dealkylation sites (N-methyl/N-ethyl adjacent to an activating group) is 1. The predicted molar refractivity (Wildman–Crippen MR) is 74.5 cm³/mol. The summed E-state index contributed by atoms with van der Waals surface area (Å²) >= 11 is 0. The maximum Gasteiger partial charge on any atom is 0.418 e. The largest absolute Gasteiger partial charge is 0.418 e. The number of anilines is 1. The van der Waals surface area contributed by atoms with Gasteiger partial charge >= 0.3 is 6.18 Å². The number of rotatable bonds is 1. The number of halogens is 3. The van der Waals surface area contributed by atoms with E-state index in [1.54, 1.807) is 4.90 Å². The van der Waals surface area contributed by atoms with E-state index in [1.165, 1.54) is 12.1 Å². The SMILES string of the molecule is CN1CCO[C@@H]2CN(c3cc(C#N)ccc3C(F)(F)F)C[C@H]21. The Morgan fingerprint density at radius 1 is 1.32 bits per heavy atom. The van der Waals surface area contributed by atoms with Crippen LogP contribution in [0.3, 0.4) is 0 Å². The third kappa shape index (κ3) is 2.64. The van der Waals surface area contributed by atoms with Gasteiger partial charge in [0, 0.05) is 19.6 Å². The zero-order chi connectivity index (χ0) is 15.9. The molecule has 118 valence electrons. The second-order valence-corrected chi connectivity index (χ2v) is 5.70. The van der Waals surface area contributed by atoms with Crippen LogP contribution in [0, 0.1) is 11.3 Å². The van der Waals surface area contributed by atoms with Crippen LogP contribution in [-0.4, -0.2) is 50.3 Å². The maximum atomic E-state index is 13.2. The molecule has 7 heteroatoms. The molecule has 0 unspecified atom stereocenters. The Morgan fingerprint density at radius 2 is 2.09 bits per heavy atom. The molecule has 2 aliphatic heterocycles. The van der Waals surface area contributed by atoms with E-state index in [9.17, 15) is 13.2 Å². The van der Waals surface area contributed by atoms with Crippen LogP contribution in [0.25, 0.3) is 0 Å². The van der Waals surface area contributed by atoms with Gasteiger partial charge in [-0.1, -0.05) is 0 Å². The molecule has 0 saturated carbocycles. The average Bonchev–Trinajstić information content (AvgIpc) is 2.91. The van der Waals surface area contributed by atoms with Crippen molar-refractivity contribution in [2.24, 2.45) is 0 Å². The smallest absolute Gasteiger partial charge is 0.373 e. The number of hydrogen-bond acceptors (Lipinski definition) is 4. The minimum Gasteiger partial charge on any atom is -0.373 e. The fourth-order valence-electron chi connectivity index (χ4n) is 3.16. The highest BCUT2D eigenvalue weighted by Gasteiger charge is 2.42. The Bertz CT molecular complexity index is 611. The molecule has 2 saturated heterocycles. The van der Waals surface area contributed by atoms with E-state index in [0.717, 1.165) is 12.6 Å². The van der Waals surface area contributed by atoms with Crippen molar-refractivity contribution < 1.29 is 17.9 Å². The van der Waals surface area contributed by atoms with Gasteiger partial charge in [-0.05, 0) is 25.2 Å². The van der Waals surface area contributed by atoms with Crippen LogP contribution in [0.2, 0.25) is 0 Å². The molecule has 22 heavy (non-hydrogen) atoms. The highest BCUT2D eigenvalue weighted by Crippen LogP contribution is 2.39. The van der Waals surface area contributed by atoms with Gasteiger partial charge in [0.05, 0.1) is 41.6 Å². The zero-order valence-corrected chi connectivity index (χ0v) is 12.1. The summed E-state index contributed by atoms with van der Waals surface area (Å²) in [6.07, 6.45) is -4.53. The van der Waals surface area contributed by atoms with Crippen molar-refractivity contribution in [2.45, 2.75) is 18.3 Å². The molecule has 0 radical (unpaired) electrons. The molecular weight excluding hydrogens is 295 g/mol. The minimum atomic E-state index is -4.44. The molecule has 1 aromatic rings. The van der Waals surface area contributed by atoms with E-state index in [0.29, 0.717) is 19.7 Å². The minimum absolute atomic E-state index is 0.0675. The summed E-state index contributed by atoms with van der Waals surface area (Å²) in [6, 6.07) is 5.50. The maximum absolute atomic E-state index is 13.2. The third-order valence-electron chi connectivity index (χ3n) is 4.35. The molecule has 2 atom stereocenters. The van der Waals surface area contributed by atoms with Crippen molar-refractivity contribution in [1.29, 1.82) is 5.26 Å². The van der Waals surface area contributed by atoms with Gasteiger partial charge in [0.25, 0.3) is 0 Å². The first-order chi connectivity index (χ1) is 10.4. The number of benzene rings is 1. The van der Waals surface area contributed by atoms with E-state index >= 15 is 0 Å². The zero-order valence-electron chi connectivity index (χ0n) is 12.1. The number of nitriles is 1. The summed E-state index contributed by atoms with van der Waals surface area (Å²) in [5.74, 6) is 0. The molecule has 2 aliphatic rings. The normalized spacial score (nSPS) is 25.9. The summed E-state index contributed by atoms with van der Waals surface area (Å²) in [6.45, 7) is 2.25. The summed E-state index contributed by atoms with van der Waals surface area (Å²) in [5, 5.41) is 8.96. The number of morpholine rings is 1. The van der Waals surface area contributed by atoms with Crippen molar-refractivity contribution in [1.82, 2.24) is 4.90 Å². The first-order valence-electron chi connectivity index (χ1n) is 7.08. The molecule has 0 amide bonds. The van der Waals surface area contributed by atoms with E-state index < -0.39 is 11.7 Å². The Morgan fingerprint density at radius 3 is 2.73 bits per heavy atom. The molecule has 4 nitrogen and oxygen atoms in total. The molecule has 0 aliphatic carbocycles. The fourth-order valence-corrected chi connectivity index (χ4v) is 3.16. The number of hydrogen-bond donors (Lipinski definition) is 0. The summed E-state index contributed by atoms with van der Waals surface area (Å²) in [4.78, 5) is 3.80. The number of nitrogens with zero attached hydrogens (tertiary/aromatic N) is 3. The number of fused-ring (bicyclic) bond motifs is 1. The Labute approximate surface area is 126 Å². The van der Waals surface area contributed by atoms with Crippen LogP contribution in [0.4, 0.5) is 18.9 Å². The van der Waals surface area contributed by atoms with Gasteiger partial charge in [-0.3, -0.25) is 4.90 Å². The van der Waals surface area contributed by atoms with E-state index in [-0.39, 0.29) is 23.4 Å². The molecule has 3 rings (SSSR count). The van der Waals surface area contributed by atoms with Crippen LogP contribution in [0.5, 0.6) is 0 Å². The van der Waals surface area contributed by atoms with Gasteiger partial charge in [-0.15, -0.1) is 0 Å². The van der Waals surface area contributed by atoms with Crippen LogP contribution in [0.1, 0.15) is 11.1 Å². The van der Waals surface area contributed by atoms with Gasteiger partial charge in [-0.2, -0.15) is 18.4 Å². The van der Waals surface area contributed by atoms with Crippen LogP contribution >= 0.6 is 0 Å². The van der Waals surface area contributed by atoms with Gasteiger partial charge in [0.2, 0.25) is 0 Å². The van der Waals surface area contributed by atoms with Crippen molar-refractivity contribution in [3.63, 3.8) is 0 Å². The van der Waals surface area contributed by atoms with Crippen molar-refractivity contribution in [3.8, 4) is 6.07 Å². The lowest BCUT2D eigenvalue weighted by Crippen LogP contribution is -2.48. The molecule has 0 bridgehead atoms. The Balaban J connectivity index is 1.96. The first-order valence-corrected chi connectivity index (χ1v) is 7.08. The standard InChI is InChI=1S/C15H16F3N3O/c1-20-4-5-22-14-9-21(8-13(14)20)12-6-10(7-19)2-3-11(12)15(16,17)18/h2-3,6,13-14H,4-5,8-9H2,1H3/t13-,14-/m1/s1. The second-order valence-electron chi connectivity index (χ2n) is 5.70. The summed E-state index contributed by atoms with van der Waals surface area (Å²) < 4.78 is 45.4. The van der Waals surface area contributed by atoms with Gasteiger partial charge in [-0.25, -0.2) is 0 Å². The average molecular weight is 311 g/mol. The summed E-state index contributed by atoms with van der Waals surface area (Å²) in [7, 11) is 1.96. The lowest BCUT2D eigenvalue weighted by Gasteiger charge is -2.33. The molecule has 2 fully saturated rings. The molecule has 0 spiro atoms. The molecular formula is C15H16F3N3O. The lowest BCUT2D eigenvalue weighted by atomic mass is 10.1. The van der Waals surface area contributed by atoms with Crippen LogP contribution in [-0.2, 0) is 10.9 Å². The fraction of sp³-hybridized carbons (Fsp3) is 0.533. The van der Waals surface area contributed by atoms with E-state index in [2.05, 4.69) is 4.90 Å². The highest BCUT2D eigenvalue weighted by atomic mass is 19.4. The molecule has 1 aromatic carbocycles. The highest BCUT2D eigenvalue weighted by molar-refractivity contribution is 5.60. The number of alkyl halides is 3. The summed E-state index contributed by atoms with van der Waals surface area (Å²) in [5.41, 5.74) is -0.405. The van der Waals surface area contributed by atoms with Crippen LogP contribution in [0.15, 0.2) is 18.2 Å². The second kappa shape index (κ2) is 5.45. The molecule has 0 N–H and O–H groups in total. The van der Waals surface area contributed by atoms with Gasteiger partial charge < -0.3 is 9.64 Å². The Hall–Kier alpha value is -1.78. The predicted octanol–water partition coefficient (Wildman–Crippen LogP) is 2.10. The van der Waals surface area contributed by atoms with Crippen LogP contribution < -0.4 is 4.90 Å². The van der Waals surface area contributed by atoms with Gasteiger partial charge in [0.1, 0.15) is 0 Å². The topological polar surface area (TPSA) is 39.5 Å². The molecule has 0 aromatic heterocycles. The quantitative estimate of drug-likeness (QED) is 0.796. The van der Waals surface area contributed by atoms with Gasteiger partial charge in [0.15, 0.2) is 0 Å². The molecule has 2 heterocycles. The third-order valence-corrected chi connectivity index (χ3v) is 4.35.